The first-order valence-electron chi connectivity index (χ1n) is 20.9. The number of hydrogen-bond acceptors (Lipinski definition) is 11. The lowest BCUT2D eigenvalue weighted by molar-refractivity contribution is 0.114. The largest absolute Gasteiger partial charge is 0.378 e. The number of aryl methyl sites for hydroxylation is 5. The molecular formula is C46H51N7O3S4. The van der Waals surface area contributed by atoms with Crippen LogP contribution in [-0.2, 0) is 43.6 Å². The summed E-state index contributed by atoms with van der Waals surface area (Å²) in [5.41, 5.74) is 6.67. The van der Waals surface area contributed by atoms with E-state index in [0.717, 1.165) is 46.2 Å². The van der Waals surface area contributed by atoms with Crippen LogP contribution in [-0.4, -0.2) is 47.3 Å². The van der Waals surface area contributed by atoms with Gasteiger partial charge in [-0.15, -0.1) is 50.4 Å². The van der Waals surface area contributed by atoms with Gasteiger partial charge in [-0.2, -0.15) is 4.98 Å². The summed E-state index contributed by atoms with van der Waals surface area (Å²) in [5.74, 6) is 0.599. The zero-order valence-corrected chi connectivity index (χ0v) is 38.2. The topological polar surface area (TPSA) is 110 Å². The zero-order valence-electron chi connectivity index (χ0n) is 34.9. The minimum Gasteiger partial charge on any atom is -0.378 e. The van der Waals surface area contributed by atoms with E-state index >= 15 is 0 Å². The Balaban J connectivity index is 0.922. The highest BCUT2D eigenvalue weighted by molar-refractivity contribution is 7.28. The molecule has 5 aromatic heterocycles. The zero-order chi connectivity index (χ0) is 41.8. The molecule has 2 aliphatic heterocycles. The number of hydrogen-bond donors (Lipinski definition) is 0. The predicted molar refractivity (Wildman–Crippen MR) is 249 cm³/mol. The standard InChI is InChI=1S/C46H51N7O3S4/c1-6-7-8-9-12-32-26-40(60-42(32)38-14-11-22-58-38)43-33(25-39(59-43)37-13-10-21-57-37)15-16-34-28-51(50-49-34)17-19-56-20-18-52-45(54)41-44(48-46(52)55)53(27-29(2)3)36-24-31(5)30(4)23-35(36)47-41/h10-11,13-14,21-26,28-29H,6-9,12,15-20,27H2,1-5H3. The second kappa shape index (κ2) is 19.0. The fourth-order valence-corrected chi connectivity index (χ4v) is 11.8. The SMILES string of the molecule is CCCCCCc1cc(-c2sc(-c3cccs3)cc2CCc2cn(CCOCCn3c(=O)nc4n(CC(C)C)c5cc(C)c(C)cc5nc-4c3=O)nn2)sc1-c1cccs1. The molecule has 312 valence electrons. The van der Waals surface area contributed by atoms with Gasteiger partial charge in [0.25, 0.3) is 5.56 Å². The lowest BCUT2D eigenvalue weighted by atomic mass is 10.0. The highest BCUT2D eigenvalue weighted by Crippen LogP contribution is 2.47. The molecule has 0 N–H and O–H groups in total. The second-order valence-corrected chi connectivity index (χ2v) is 19.8. The summed E-state index contributed by atoms with van der Waals surface area (Å²) in [7, 11) is 0. The van der Waals surface area contributed by atoms with E-state index in [2.05, 4.69) is 89.3 Å². The smallest absolute Gasteiger partial charge is 0.352 e. The molecule has 0 aliphatic carbocycles. The van der Waals surface area contributed by atoms with Crippen LogP contribution < -0.4 is 11.2 Å². The van der Waals surface area contributed by atoms with Crippen molar-refractivity contribution in [3.8, 4) is 40.8 Å². The highest BCUT2D eigenvalue weighted by atomic mass is 32.1. The summed E-state index contributed by atoms with van der Waals surface area (Å²) >= 11 is 7.45. The molecular weight excluding hydrogens is 827 g/mol. The van der Waals surface area contributed by atoms with Crippen molar-refractivity contribution in [2.45, 2.75) is 99.2 Å². The van der Waals surface area contributed by atoms with Crippen LogP contribution in [0.1, 0.15) is 74.4 Å². The number of ether oxygens (including phenoxy) is 1. The summed E-state index contributed by atoms with van der Waals surface area (Å²) < 4.78 is 10.8. The van der Waals surface area contributed by atoms with Gasteiger partial charge >= 0.3 is 5.69 Å². The van der Waals surface area contributed by atoms with E-state index in [9.17, 15) is 9.59 Å². The first kappa shape index (κ1) is 42.1. The van der Waals surface area contributed by atoms with Crippen LogP contribution in [0, 0.1) is 19.8 Å². The Morgan fingerprint density at radius 2 is 1.47 bits per heavy atom. The van der Waals surface area contributed by atoms with Crippen LogP contribution in [0.4, 0.5) is 0 Å². The fourth-order valence-electron chi connectivity index (χ4n) is 7.56. The maximum Gasteiger partial charge on any atom is 0.352 e. The Hall–Kier alpha value is -4.60. The maximum atomic E-state index is 13.7. The number of thiophene rings is 4. The van der Waals surface area contributed by atoms with Crippen molar-refractivity contribution in [3.63, 3.8) is 0 Å². The third-order valence-corrected chi connectivity index (χ3v) is 15.5. The number of nitrogens with zero attached hydrogens (tertiary/aromatic N) is 7. The monoisotopic (exact) mass is 877 g/mol. The predicted octanol–water partition coefficient (Wildman–Crippen LogP) is 10.8. The van der Waals surface area contributed by atoms with Crippen LogP contribution in [0.15, 0.2) is 75.1 Å². The minimum atomic E-state index is -0.597. The Morgan fingerprint density at radius 3 is 2.23 bits per heavy atom. The minimum absolute atomic E-state index is 0.0792. The molecule has 7 heterocycles. The highest BCUT2D eigenvalue weighted by Gasteiger charge is 2.23. The molecule has 0 radical (unpaired) electrons. The Kier molecular flexibility index (Phi) is 13.3. The molecule has 0 fully saturated rings. The number of fused-ring (bicyclic) bond motifs is 2. The molecule has 8 rings (SSSR count). The first-order chi connectivity index (χ1) is 29.2. The van der Waals surface area contributed by atoms with Gasteiger partial charge in [-0.3, -0.25) is 9.36 Å². The molecule has 0 amide bonds. The maximum absolute atomic E-state index is 13.7. The number of rotatable bonds is 19. The molecule has 0 saturated carbocycles. The van der Waals surface area contributed by atoms with Gasteiger partial charge in [-0.25, -0.2) is 14.5 Å². The molecule has 6 aromatic rings. The van der Waals surface area contributed by atoms with Gasteiger partial charge in [0, 0.05) is 42.0 Å². The van der Waals surface area contributed by atoms with E-state index < -0.39 is 11.2 Å². The molecule has 0 atom stereocenters. The number of aromatic nitrogens is 7. The van der Waals surface area contributed by atoms with Gasteiger partial charge < -0.3 is 9.30 Å². The average molecular weight is 878 g/mol. The molecule has 2 aliphatic rings. The van der Waals surface area contributed by atoms with E-state index in [4.69, 9.17) is 9.72 Å². The number of unbranched alkanes of at least 4 members (excludes halogenated alkanes) is 3. The number of benzene rings is 1. The van der Waals surface area contributed by atoms with E-state index in [-0.39, 0.29) is 24.8 Å². The van der Waals surface area contributed by atoms with Crippen LogP contribution in [0.3, 0.4) is 0 Å². The average Bonchev–Trinajstić information content (AvgIpc) is 4.08. The lowest BCUT2D eigenvalue weighted by Crippen LogP contribution is -2.40. The summed E-state index contributed by atoms with van der Waals surface area (Å²) in [6.45, 7) is 12.3. The normalized spacial score (nSPS) is 11.9. The van der Waals surface area contributed by atoms with Crippen molar-refractivity contribution in [1.29, 1.82) is 0 Å². The Morgan fingerprint density at radius 1 is 0.750 bits per heavy atom. The quantitative estimate of drug-likeness (QED) is 0.0588. The summed E-state index contributed by atoms with van der Waals surface area (Å²) in [4.78, 5) is 44.1. The molecule has 14 heteroatoms. The van der Waals surface area contributed by atoms with Crippen molar-refractivity contribution in [2.75, 3.05) is 13.2 Å². The summed E-state index contributed by atoms with van der Waals surface area (Å²) in [6, 6.07) is 17.6. The molecule has 60 heavy (non-hydrogen) atoms. The fraction of sp³-hybridized carbons (Fsp3) is 0.391. The van der Waals surface area contributed by atoms with E-state index in [1.54, 1.807) is 16.0 Å². The molecule has 1 aromatic carbocycles. The molecule has 0 saturated heterocycles. The van der Waals surface area contributed by atoms with Gasteiger partial charge in [0.05, 0.1) is 43.0 Å². The third kappa shape index (κ3) is 9.32. The van der Waals surface area contributed by atoms with Crippen molar-refractivity contribution in [2.24, 2.45) is 5.92 Å². The van der Waals surface area contributed by atoms with E-state index in [0.29, 0.717) is 31.0 Å². The van der Waals surface area contributed by atoms with Gasteiger partial charge in [0.1, 0.15) is 0 Å². The van der Waals surface area contributed by atoms with Crippen LogP contribution in [0.2, 0.25) is 0 Å². The molecule has 0 spiro atoms. The Bertz CT molecular complexity index is 2770. The third-order valence-electron chi connectivity index (χ3n) is 10.8. The molecule has 10 nitrogen and oxygen atoms in total. The van der Waals surface area contributed by atoms with Gasteiger partial charge in [-0.05, 0) is 115 Å². The van der Waals surface area contributed by atoms with E-state index in [1.807, 2.05) is 64.7 Å². The lowest BCUT2D eigenvalue weighted by Gasteiger charge is -2.20. The van der Waals surface area contributed by atoms with Gasteiger partial charge in [0.2, 0.25) is 0 Å². The second-order valence-electron chi connectivity index (χ2n) is 15.8. The van der Waals surface area contributed by atoms with Crippen LogP contribution >= 0.6 is 45.3 Å². The summed E-state index contributed by atoms with van der Waals surface area (Å²) in [5, 5.41) is 13.2. The van der Waals surface area contributed by atoms with Crippen LogP contribution in [0.25, 0.3) is 51.8 Å². The van der Waals surface area contributed by atoms with E-state index in [1.165, 1.54) is 66.1 Å². The van der Waals surface area contributed by atoms with Crippen LogP contribution in [0.5, 0.6) is 0 Å². The summed E-state index contributed by atoms with van der Waals surface area (Å²) in [6.07, 6.45) is 9.75. The van der Waals surface area contributed by atoms with Crippen molar-refractivity contribution >= 4 is 56.4 Å². The molecule has 0 bridgehead atoms. The van der Waals surface area contributed by atoms with Crippen molar-refractivity contribution in [3.05, 3.63) is 114 Å². The molecule has 0 unspecified atom stereocenters. The van der Waals surface area contributed by atoms with Crippen molar-refractivity contribution < 1.29 is 4.74 Å². The van der Waals surface area contributed by atoms with Crippen molar-refractivity contribution in [1.82, 2.24) is 34.1 Å². The Labute approximate surface area is 366 Å². The van der Waals surface area contributed by atoms with Gasteiger partial charge in [-0.1, -0.05) is 57.4 Å². The first-order valence-corrected chi connectivity index (χ1v) is 24.3. The van der Waals surface area contributed by atoms with Gasteiger partial charge in [0.15, 0.2) is 11.5 Å².